The van der Waals surface area contributed by atoms with Gasteiger partial charge in [0.05, 0.1) is 0 Å². The molecule has 1 atom stereocenters. The van der Waals surface area contributed by atoms with Gasteiger partial charge >= 0.3 is 0 Å². The first-order valence-electron chi connectivity index (χ1n) is 6.23. The predicted octanol–water partition coefficient (Wildman–Crippen LogP) is 3.11. The Hall–Kier alpha value is -0.370. The summed E-state index contributed by atoms with van der Waals surface area (Å²) in [5.74, 6) is 0. The third-order valence-electron chi connectivity index (χ3n) is 2.88. The molecule has 0 fully saturated rings. The van der Waals surface area contributed by atoms with Gasteiger partial charge in [-0.05, 0) is 26.4 Å². The SMILES string of the molecule is CCCCCN(C)CC(C)(C=O)CCC. The van der Waals surface area contributed by atoms with E-state index in [1.54, 1.807) is 0 Å². The standard InChI is InChI=1S/C13H27NO/c1-5-7-8-10-14(4)11-13(3,12-15)9-6-2/h12H,5-11H2,1-4H3. The Balaban J connectivity index is 3.89. The van der Waals surface area contributed by atoms with Crippen molar-refractivity contribution >= 4 is 6.29 Å². The maximum Gasteiger partial charge on any atom is 0.127 e. The van der Waals surface area contributed by atoms with Crippen LogP contribution in [0.15, 0.2) is 0 Å². The summed E-state index contributed by atoms with van der Waals surface area (Å²) in [6.07, 6.45) is 7.00. The molecule has 0 aromatic rings. The molecular weight excluding hydrogens is 186 g/mol. The number of hydrogen-bond donors (Lipinski definition) is 0. The van der Waals surface area contributed by atoms with Gasteiger partial charge in [-0.25, -0.2) is 0 Å². The lowest BCUT2D eigenvalue weighted by molar-refractivity contribution is -0.116. The molecule has 0 aromatic carbocycles. The van der Waals surface area contributed by atoms with Gasteiger partial charge in [0.2, 0.25) is 0 Å². The molecule has 0 aliphatic heterocycles. The summed E-state index contributed by atoms with van der Waals surface area (Å²) >= 11 is 0. The minimum absolute atomic E-state index is 0.143. The molecule has 0 radical (unpaired) electrons. The molecule has 0 bridgehead atoms. The number of carbonyl (C=O) groups is 1. The summed E-state index contributed by atoms with van der Waals surface area (Å²) in [7, 11) is 2.12. The smallest absolute Gasteiger partial charge is 0.127 e. The van der Waals surface area contributed by atoms with Gasteiger partial charge in [0.15, 0.2) is 0 Å². The van der Waals surface area contributed by atoms with E-state index in [1.807, 2.05) is 0 Å². The van der Waals surface area contributed by atoms with Crippen molar-refractivity contribution < 1.29 is 4.79 Å². The third-order valence-corrected chi connectivity index (χ3v) is 2.88. The van der Waals surface area contributed by atoms with Crippen molar-refractivity contribution in [3.05, 3.63) is 0 Å². The van der Waals surface area contributed by atoms with Crippen molar-refractivity contribution in [3.8, 4) is 0 Å². The lowest BCUT2D eigenvalue weighted by atomic mass is 9.87. The number of hydrogen-bond acceptors (Lipinski definition) is 2. The second kappa shape index (κ2) is 7.86. The molecule has 0 aromatic heterocycles. The van der Waals surface area contributed by atoms with Crippen LogP contribution in [-0.2, 0) is 4.79 Å². The first kappa shape index (κ1) is 14.6. The molecule has 0 rings (SSSR count). The predicted molar refractivity (Wildman–Crippen MR) is 66.1 cm³/mol. The number of aldehydes is 1. The van der Waals surface area contributed by atoms with Crippen LogP contribution in [0.1, 0.15) is 52.9 Å². The fraction of sp³-hybridized carbons (Fsp3) is 0.923. The van der Waals surface area contributed by atoms with Gasteiger partial charge in [0.25, 0.3) is 0 Å². The zero-order valence-corrected chi connectivity index (χ0v) is 10.9. The molecule has 2 nitrogen and oxygen atoms in total. The highest BCUT2D eigenvalue weighted by Gasteiger charge is 2.23. The van der Waals surface area contributed by atoms with E-state index in [2.05, 4.69) is 32.7 Å². The van der Waals surface area contributed by atoms with E-state index in [0.717, 1.165) is 32.2 Å². The highest BCUT2D eigenvalue weighted by atomic mass is 16.1. The van der Waals surface area contributed by atoms with Crippen LogP contribution in [0.2, 0.25) is 0 Å². The summed E-state index contributed by atoms with van der Waals surface area (Å²) in [5.41, 5.74) is -0.143. The van der Waals surface area contributed by atoms with Crippen molar-refractivity contribution in [2.24, 2.45) is 5.41 Å². The van der Waals surface area contributed by atoms with Gasteiger partial charge in [0, 0.05) is 12.0 Å². The third kappa shape index (κ3) is 6.67. The minimum Gasteiger partial charge on any atom is -0.305 e. The van der Waals surface area contributed by atoms with Crippen LogP contribution in [0.4, 0.5) is 0 Å². The summed E-state index contributed by atoms with van der Waals surface area (Å²) in [6, 6.07) is 0. The quantitative estimate of drug-likeness (QED) is 0.433. The number of nitrogens with zero attached hydrogens (tertiary/aromatic N) is 1. The average molecular weight is 213 g/mol. The zero-order valence-electron chi connectivity index (χ0n) is 10.9. The van der Waals surface area contributed by atoms with Crippen molar-refractivity contribution in [3.63, 3.8) is 0 Å². The van der Waals surface area contributed by atoms with Crippen molar-refractivity contribution in [2.45, 2.75) is 52.9 Å². The average Bonchev–Trinajstić information content (AvgIpc) is 2.18. The Bertz CT molecular complexity index is 170. The lowest BCUT2D eigenvalue weighted by Crippen LogP contribution is -2.35. The van der Waals surface area contributed by atoms with Gasteiger partial charge in [-0.1, -0.05) is 40.0 Å². The first-order valence-corrected chi connectivity index (χ1v) is 6.23. The Labute approximate surface area is 95.0 Å². The van der Waals surface area contributed by atoms with Crippen molar-refractivity contribution in [2.75, 3.05) is 20.1 Å². The normalized spacial score (nSPS) is 15.3. The second-order valence-corrected chi connectivity index (χ2v) is 4.97. The van der Waals surface area contributed by atoms with E-state index in [9.17, 15) is 4.79 Å². The Morgan fingerprint density at radius 2 is 1.87 bits per heavy atom. The highest BCUT2D eigenvalue weighted by Crippen LogP contribution is 2.21. The molecule has 0 N–H and O–H groups in total. The molecule has 0 saturated heterocycles. The summed E-state index contributed by atoms with van der Waals surface area (Å²) in [4.78, 5) is 13.3. The fourth-order valence-corrected chi connectivity index (χ4v) is 2.07. The van der Waals surface area contributed by atoms with Gasteiger partial charge in [-0.3, -0.25) is 0 Å². The van der Waals surface area contributed by atoms with Crippen LogP contribution in [0.5, 0.6) is 0 Å². The van der Waals surface area contributed by atoms with Crippen LogP contribution in [-0.4, -0.2) is 31.3 Å². The summed E-state index contributed by atoms with van der Waals surface area (Å²) in [5, 5.41) is 0. The highest BCUT2D eigenvalue weighted by molar-refractivity contribution is 5.58. The van der Waals surface area contributed by atoms with Gasteiger partial charge in [-0.2, -0.15) is 0 Å². The molecule has 0 aliphatic carbocycles. The van der Waals surface area contributed by atoms with Crippen LogP contribution in [0, 0.1) is 5.41 Å². The summed E-state index contributed by atoms with van der Waals surface area (Å²) in [6.45, 7) is 8.43. The number of unbranched alkanes of at least 4 members (excludes halogenated alkanes) is 2. The maximum absolute atomic E-state index is 11.1. The molecule has 0 spiro atoms. The minimum atomic E-state index is -0.143. The molecule has 0 aliphatic rings. The number of carbonyl (C=O) groups excluding carboxylic acids is 1. The van der Waals surface area contributed by atoms with E-state index >= 15 is 0 Å². The van der Waals surface area contributed by atoms with E-state index < -0.39 is 0 Å². The van der Waals surface area contributed by atoms with E-state index in [1.165, 1.54) is 19.3 Å². The topological polar surface area (TPSA) is 20.3 Å². The Morgan fingerprint density at radius 3 is 2.33 bits per heavy atom. The van der Waals surface area contributed by atoms with E-state index in [0.29, 0.717) is 0 Å². The van der Waals surface area contributed by atoms with Crippen molar-refractivity contribution in [1.82, 2.24) is 4.90 Å². The molecule has 15 heavy (non-hydrogen) atoms. The molecule has 0 amide bonds. The van der Waals surface area contributed by atoms with Crippen LogP contribution >= 0.6 is 0 Å². The monoisotopic (exact) mass is 213 g/mol. The molecule has 0 heterocycles. The largest absolute Gasteiger partial charge is 0.305 e. The summed E-state index contributed by atoms with van der Waals surface area (Å²) < 4.78 is 0. The fourth-order valence-electron chi connectivity index (χ4n) is 2.07. The Morgan fingerprint density at radius 1 is 1.20 bits per heavy atom. The second-order valence-electron chi connectivity index (χ2n) is 4.97. The van der Waals surface area contributed by atoms with Crippen LogP contribution in [0.25, 0.3) is 0 Å². The molecule has 90 valence electrons. The van der Waals surface area contributed by atoms with Gasteiger partial charge in [-0.15, -0.1) is 0 Å². The van der Waals surface area contributed by atoms with E-state index in [-0.39, 0.29) is 5.41 Å². The lowest BCUT2D eigenvalue weighted by Gasteiger charge is -2.28. The Kier molecular flexibility index (Phi) is 7.67. The zero-order chi connectivity index (χ0) is 11.7. The van der Waals surface area contributed by atoms with E-state index in [4.69, 9.17) is 0 Å². The molecule has 0 saturated carbocycles. The van der Waals surface area contributed by atoms with Gasteiger partial charge < -0.3 is 9.69 Å². The first-order chi connectivity index (χ1) is 7.08. The molecular formula is C13H27NO. The number of rotatable bonds is 9. The molecule has 2 heteroatoms. The van der Waals surface area contributed by atoms with Crippen LogP contribution < -0.4 is 0 Å². The van der Waals surface area contributed by atoms with Crippen LogP contribution in [0.3, 0.4) is 0 Å². The maximum atomic E-state index is 11.1. The van der Waals surface area contributed by atoms with Crippen molar-refractivity contribution in [1.29, 1.82) is 0 Å². The van der Waals surface area contributed by atoms with Gasteiger partial charge in [0.1, 0.15) is 6.29 Å². The molecule has 1 unspecified atom stereocenters.